The number of hydrogen-bond acceptors (Lipinski definition) is 4. The summed E-state index contributed by atoms with van der Waals surface area (Å²) in [5.74, 6) is 0.253. The van der Waals surface area contributed by atoms with Crippen LogP contribution in [0.2, 0.25) is 0 Å². The lowest BCUT2D eigenvalue weighted by molar-refractivity contribution is -0.131. The Kier molecular flexibility index (Phi) is 3.65. The van der Waals surface area contributed by atoms with Crippen LogP contribution >= 0.6 is 11.3 Å². The molecule has 0 spiro atoms. The fourth-order valence-corrected chi connectivity index (χ4v) is 4.75. The van der Waals surface area contributed by atoms with Crippen LogP contribution in [0, 0.1) is 13.8 Å². The van der Waals surface area contributed by atoms with Crippen molar-refractivity contribution in [3.8, 4) is 17.0 Å². The summed E-state index contributed by atoms with van der Waals surface area (Å²) in [4.78, 5) is 19.0. The summed E-state index contributed by atoms with van der Waals surface area (Å²) in [5, 5.41) is 1.15. The normalized spacial score (nSPS) is 13.3. The van der Waals surface area contributed by atoms with Gasteiger partial charge in [-0.25, -0.2) is 4.98 Å². The number of aryl methyl sites for hydroxylation is 4. The molecule has 4 heteroatoms. The highest BCUT2D eigenvalue weighted by Gasteiger charge is 2.22. The van der Waals surface area contributed by atoms with E-state index in [1.807, 2.05) is 6.07 Å². The van der Waals surface area contributed by atoms with E-state index < -0.39 is 0 Å². The van der Waals surface area contributed by atoms with Crippen LogP contribution < -0.4 is 4.74 Å². The minimum absolute atomic E-state index is 0.311. The molecule has 0 saturated heterocycles. The number of thiophene rings is 1. The van der Waals surface area contributed by atoms with Gasteiger partial charge in [0.2, 0.25) is 0 Å². The number of fused-ring (bicyclic) bond motifs is 3. The molecule has 3 aromatic rings. The quantitative estimate of drug-likeness (QED) is 0.618. The number of carbonyl (C=O) groups excluding carboxylic acids is 1. The van der Waals surface area contributed by atoms with Gasteiger partial charge in [-0.1, -0.05) is 23.8 Å². The van der Waals surface area contributed by atoms with E-state index in [0.717, 1.165) is 39.9 Å². The fraction of sp³-hybridized carbons (Fsp3) is 0.300. The Bertz CT molecular complexity index is 971. The first-order valence-electron chi connectivity index (χ1n) is 8.24. The second kappa shape index (κ2) is 5.71. The molecule has 2 aromatic heterocycles. The van der Waals surface area contributed by atoms with Crippen LogP contribution in [0.5, 0.6) is 5.75 Å². The highest BCUT2D eigenvalue weighted by molar-refractivity contribution is 7.18. The van der Waals surface area contributed by atoms with E-state index in [4.69, 9.17) is 9.72 Å². The molecule has 0 radical (unpaired) electrons. The molecule has 4 rings (SSSR count). The van der Waals surface area contributed by atoms with Gasteiger partial charge in [0.05, 0.1) is 0 Å². The fourth-order valence-electron chi connectivity index (χ4n) is 3.51. The molecule has 0 atom stereocenters. The highest BCUT2D eigenvalue weighted by Crippen LogP contribution is 2.41. The summed E-state index contributed by atoms with van der Waals surface area (Å²) in [6.07, 6.45) is 3.44. The zero-order valence-electron chi connectivity index (χ0n) is 14.1. The molecule has 0 unspecified atom stereocenters. The zero-order chi connectivity index (χ0) is 16.8. The smallest absolute Gasteiger partial charge is 0.308 e. The first-order chi connectivity index (χ1) is 11.5. The van der Waals surface area contributed by atoms with E-state index in [2.05, 4.69) is 32.0 Å². The molecule has 3 nitrogen and oxygen atoms in total. The molecule has 0 saturated carbocycles. The Morgan fingerprint density at radius 1 is 1.21 bits per heavy atom. The SMILES string of the molecule is CC(=O)Oc1cc2c3c(sc2nc1-c1ccc(C)cc1C)CCC3. The van der Waals surface area contributed by atoms with Crippen LogP contribution in [-0.2, 0) is 17.6 Å². The van der Waals surface area contributed by atoms with Gasteiger partial charge in [-0.2, -0.15) is 0 Å². The van der Waals surface area contributed by atoms with E-state index >= 15 is 0 Å². The minimum Gasteiger partial charge on any atom is -0.424 e. The Labute approximate surface area is 145 Å². The molecule has 0 bridgehead atoms. The molecule has 0 aliphatic heterocycles. The van der Waals surface area contributed by atoms with Crippen LogP contribution in [-0.4, -0.2) is 11.0 Å². The number of nitrogens with zero attached hydrogens (tertiary/aromatic N) is 1. The summed E-state index contributed by atoms with van der Waals surface area (Å²) < 4.78 is 5.53. The van der Waals surface area contributed by atoms with Crippen molar-refractivity contribution in [1.29, 1.82) is 0 Å². The summed E-state index contributed by atoms with van der Waals surface area (Å²) in [5.41, 5.74) is 5.52. The van der Waals surface area contributed by atoms with E-state index in [0.29, 0.717) is 5.75 Å². The van der Waals surface area contributed by atoms with Crippen molar-refractivity contribution in [3.05, 3.63) is 45.8 Å². The molecule has 1 aliphatic rings. The third kappa shape index (κ3) is 2.51. The molecule has 0 N–H and O–H groups in total. The zero-order valence-corrected chi connectivity index (χ0v) is 14.9. The van der Waals surface area contributed by atoms with Crippen LogP contribution in [0.3, 0.4) is 0 Å². The maximum atomic E-state index is 11.6. The minimum atomic E-state index is -0.311. The summed E-state index contributed by atoms with van der Waals surface area (Å²) in [6, 6.07) is 8.28. The number of rotatable bonds is 2. The average molecular weight is 337 g/mol. The topological polar surface area (TPSA) is 39.2 Å². The lowest BCUT2D eigenvalue weighted by atomic mass is 10.0. The Hall–Kier alpha value is -2.20. The molecular weight excluding hydrogens is 318 g/mol. The van der Waals surface area contributed by atoms with Crippen molar-refractivity contribution in [2.45, 2.75) is 40.0 Å². The number of carbonyl (C=O) groups is 1. The van der Waals surface area contributed by atoms with Crippen molar-refractivity contribution in [2.24, 2.45) is 0 Å². The number of esters is 1. The third-order valence-electron chi connectivity index (χ3n) is 4.56. The molecule has 0 fully saturated rings. The Morgan fingerprint density at radius 3 is 2.79 bits per heavy atom. The van der Waals surface area contributed by atoms with E-state index in [-0.39, 0.29) is 5.97 Å². The van der Waals surface area contributed by atoms with Gasteiger partial charge in [0.25, 0.3) is 0 Å². The monoisotopic (exact) mass is 337 g/mol. The first-order valence-corrected chi connectivity index (χ1v) is 9.06. The Balaban J connectivity index is 1.97. The predicted molar refractivity (Wildman–Crippen MR) is 97.9 cm³/mol. The first kappa shape index (κ1) is 15.3. The summed E-state index contributed by atoms with van der Waals surface area (Å²) in [6.45, 7) is 5.58. The van der Waals surface area contributed by atoms with Crippen LogP contribution in [0.25, 0.3) is 21.5 Å². The number of aromatic nitrogens is 1. The van der Waals surface area contributed by atoms with Gasteiger partial charge in [-0.15, -0.1) is 11.3 Å². The second-order valence-corrected chi connectivity index (χ2v) is 7.54. The molecule has 122 valence electrons. The predicted octanol–water partition coefficient (Wildman–Crippen LogP) is 4.99. The molecule has 2 heterocycles. The van der Waals surface area contributed by atoms with Gasteiger partial charge >= 0.3 is 5.97 Å². The molecular formula is C20H19NO2S. The lowest BCUT2D eigenvalue weighted by Gasteiger charge is -2.12. The van der Waals surface area contributed by atoms with Gasteiger partial charge in [-0.3, -0.25) is 4.79 Å². The summed E-state index contributed by atoms with van der Waals surface area (Å²) in [7, 11) is 0. The maximum absolute atomic E-state index is 11.6. The third-order valence-corrected chi connectivity index (χ3v) is 5.76. The van der Waals surface area contributed by atoms with E-state index in [1.165, 1.54) is 29.3 Å². The lowest BCUT2D eigenvalue weighted by Crippen LogP contribution is -2.04. The van der Waals surface area contributed by atoms with Crippen LogP contribution in [0.4, 0.5) is 0 Å². The van der Waals surface area contributed by atoms with E-state index in [9.17, 15) is 4.79 Å². The van der Waals surface area contributed by atoms with Gasteiger partial charge in [-0.05, 0) is 50.3 Å². The van der Waals surface area contributed by atoms with Crippen molar-refractivity contribution in [1.82, 2.24) is 4.98 Å². The number of ether oxygens (including phenoxy) is 1. The van der Waals surface area contributed by atoms with Crippen molar-refractivity contribution in [3.63, 3.8) is 0 Å². The number of benzene rings is 1. The van der Waals surface area contributed by atoms with Crippen LogP contribution in [0.1, 0.15) is 34.9 Å². The highest BCUT2D eigenvalue weighted by atomic mass is 32.1. The van der Waals surface area contributed by atoms with Crippen molar-refractivity contribution >= 4 is 27.5 Å². The Morgan fingerprint density at radius 2 is 2.04 bits per heavy atom. The largest absolute Gasteiger partial charge is 0.424 e. The number of hydrogen-bond donors (Lipinski definition) is 0. The van der Waals surface area contributed by atoms with Crippen molar-refractivity contribution < 1.29 is 9.53 Å². The van der Waals surface area contributed by atoms with Gasteiger partial charge in [0.1, 0.15) is 10.5 Å². The number of pyridine rings is 1. The summed E-state index contributed by atoms with van der Waals surface area (Å²) >= 11 is 1.78. The van der Waals surface area contributed by atoms with Gasteiger partial charge in [0, 0.05) is 22.8 Å². The average Bonchev–Trinajstić information content (AvgIpc) is 3.07. The van der Waals surface area contributed by atoms with Gasteiger partial charge < -0.3 is 4.74 Å². The van der Waals surface area contributed by atoms with Gasteiger partial charge in [0.15, 0.2) is 5.75 Å². The molecule has 0 amide bonds. The maximum Gasteiger partial charge on any atom is 0.308 e. The van der Waals surface area contributed by atoms with E-state index in [1.54, 1.807) is 11.3 Å². The second-order valence-electron chi connectivity index (χ2n) is 6.46. The molecule has 1 aliphatic carbocycles. The molecule has 24 heavy (non-hydrogen) atoms. The van der Waals surface area contributed by atoms with Crippen LogP contribution in [0.15, 0.2) is 24.3 Å². The molecule has 1 aromatic carbocycles. The van der Waals surface area contributed by atoms with Crippen molar-refractivity contribution in [2.75, 3.05) is 0 Å². The standard InChI is InChI=1S/C20H19NO2S/c1-11-7-8-14(12(2)9-11)19-17(23-13(3)22)10-16-15-5-4-6-18(15)24-20(16)21-19/h7-10H,4-6H2,1-3H3.